The first kappa shape index (κ1) is 20.6. The highest BCUT2D eigenvalue weighted by Crippen LogP contribution is 2.44. The zero-order valence-electron chi connectivity index (χ0n) is 19.8. The molecule has 0 N–H and O–H groups in total. The summed E-state index contributed by atoms with van der Waals surface area (Å²) in [6.45, 7) is 0. The maximum Gasteiger partial charge on any atom is 0.161 e. The SMILES string of the molecule is c1ccc(-c2nc(-c3c4ccccc4cc4sc5ccccc5c34)nc3ccc4ccccc4c23)cc1. The number of hydrogen-bond acceptors (Lipinski definition) is 3. The van der Waals surface area contributed by atoms with Crippen molar-refractivity contribution in [1.29, 1.82) is 0 Å². The summed E-state index contributed by atoms with van der Waals surface area (Å²) in [5, 5.41) is 8.34. The molecule has 0 amide bonds. The summed E-state index contributed by atoms with van der Waals surface area (Å²) >= 11 is 1.84. The van der Waals surface area contributed by atoms with Gasteiger partial charge in [0.15, 0.2) is 5.82 Å². The van der Waals surface area contributed by atoms with Crippen molar-refractivity contribution < 1.29 is 0 Å². The van der Waals surface area contributed by atoms with Gasteiger partial charge in [0.2, 0.25) is 0 Å². The first-order valence-electron chi connectivity index (χ1n) is 12.4. The lowest BCUT2D eigenvalue weighted by atomic mass is 9.96. The Hall–Kier alpha value is -4.60. The molecule has 2 nitrogen and oxygen atoms in total. The molecule has 0 unspecified atom stereocenters. The van der Waals surface area contributed by atoms with Crippen molar-refractivity contribution in [2.24, 2.45) is 0 Å². The van der Waals surface area contributed by atoms with Gasteiger partial charge in [-0.1, -0.05) is 103 Å². The summed E-state index contributed by atoms with van der Waals surface area (Å²) in [5.41, 5.74) is 4.14. The lowest BCUT2D eigenvalue weighted by molar-refractivity contribution is 1.24. The van der Waals surface area contributed by atoms with Gasteiger partial charge < -0.3 is 0 Å². The molecule has 0 aliphatic carbocycles. The maximum atomic E-state index is 5.37. The van der Waals surface area contributed by atoms with Crippen molar-refractivity contribution in [3.05, 3.63) is 121 Å². The fourth-order valence-electron chi connectivity index (χ4n) is 5.60. The maximum absolute atomic E-state index is 5.37. The first-order chi connectivity index (χ1) is 18.3. The molecule has 0 aliphatic heterocycles. The zero-order valence-corrected chi connectivity index (χ0v) is 20.7. The van der Waals surface area contributed by atoms with Gasteiger partial charge in [-0.3, -0.25) is 0 Å². The van der Waals surface area contributed by atoms with Crippen LogP contribution in [0.5, 0.6) is 0 Å². The highest BCUT2D eigenvalue weighted by atomic mass is 32.1. The molecule has 0 atom stereocenters. The lowest BCUT2D eigenvalue weighted by Crippen LogP contribution is -1.97. The van der Waals surface area contributed by atoms with Crippen LogP contribution in [0.2, 0.25) is 0 Å². The molecule has 0 spiro atoms. The van der Waals surface area contributed by atoms with Crippen LogP contribution in [0.4, 0.5) is 0 Å². The van der Waals surface area contributed by atoms with E-state index in [0.717, 1.165) is 33.5 Å². The number of fused-ring (bicyclic) bond motifs is 7. The summed E-state index contributed by atoms with van der Waals surface area (Å²) in [5.74, 6) is 0.770. The third-order valence-electron chi connectivity index (χ3n) is 7.25. The number of benzene rings is 6. The van der Waals surface area contributed by atoms with E-state index in [0.29, 0.717) is 0 Å². The average Bonchev–Trinajstić information content (AvgIpc) is 3.33. The Balaban J connectivity index is 1.58. The average molecular weight is 489 g/mol. The van der Waals surface area contributed by atoms with E-state index < -0.39 is 0 Å². The first-order valence-corrected chi connectivity index (χ1v) is 13.2. The van der Waals surface area contributed by atoms with Gasteiger partial charge in [0, 0.05) is 36.7 Å². The minimum absolute atomic E-state index is 0.770. The third-order valence-corrected chi connectivity index (χ3v) is 8.37. The van der Waals surface area contributed by atoms with E-state index in [4.69, 9.17) is 9.97 Å². The molecule has 0 bridgehead atoms. The smallest absolute Gasteiger partial charge is 0.161 e. The van der Waals surface area contributed by atoms with Crippen molar-refractivity contribution in [3.8, 4) is 22.6 Å². The van der Waals surface area contributed by atoms with Crippen LogP contribution in [0, 0.1) is 0 Å². The van der Waals surface area contributed by atoms with Crippen molar-refractivity contribution >= 4 is 64.0 Å². The number of aromatic nitrogens is 2. The molecule has 3 heteroatoms. The number of nitrogens with zero attached hydrogens (tertiary/aromatic N) is 2. The third kappa shape index (κ3) is 3.11. The number of thiophene rings is 1. The van der Waals surface area contributed by atoms with E-state index in [2.05, 4.69) is 121 Å². The predicted molar refractivity (Wildman–Crippen MR) is 158 cm³/mol. The van der Waals surface area contributed by atoms with Crippen molar-refractivity contribution in [2.45, 2.75) is 0 Å². The molecule has 2 heterocycles. The van der Waals surface area contributed by atoms with Crippen LogP contribution < -0.4 is 0 Å². The van der Waals surface area contributed by atoms with Crippen molar-refractivity contribution in [1.82, 2.24) is 9.97 Å². The van der Waals surface area contributed by atoms with Crippen LogP contribution in [0.15, 0.2) is 121 Å². The monoisotopic (exact) mass is 488 g/mol. The van der Waals surface area contributed by atoms with Crippen LogP contribution in [0.3, 0.4) is 0 Å². The molecule has 8 aromatic rings. The molecular weight excluding hydrogens is 468 g/mol. The summed E-state index contributed by atoms with van der Waals surface area (Å²) in [6, 6.07) is 42.9. The van der Waals surface area contributed by atoms with Crippen LogP contribution in [0.25, 0.3) is 75.3 Å². The normalized spacial score (nSPS) is 11.8. The Labute approximate surface area is 217 Å². The molecule has 172 valence electrons. The van der Waals surface area contributed by atoms with Gasteiger partial charge in [-0.25, -0.2) is 9.97 Å². The minimum Gasteiger partial charge on any atom is -0.228 e. The highest BCUT2D eigenvalue weighted by molar-refractivity contribution is 7.26. The van der Waals surface area contributed by atoms with Crippen LogP contribution >= 0.6 is 11.3 Å². The second-order valence-electron chi connectivity index (χ2n) is 9.39. The van der Waals surface area contributed by atoms with E-state index in [1.807, 2.05) is 11.3 Å². The molecule has 0 fully saturated rings. The fourth-order valence-corrected chi connectivity index (χ4v) is 6.77. The summed E-state index contributed by atoms with van der Waals surface area (Å²) in [6.07, 6.45) is 0. The molecule has 0 saturated heterocycles. The van der Waals surface area contributed by atoms with Crippen molar-refractivity contribution in [2.75, 3.05) is 0 Å². The molecule has 0 saturated carbocycles. The summed E-state index contributed by atoms with van der Waals surface area (Å²) in [4.78, 5) is 10.6. The quantitative estimate of drug-likeness (QED) is 0.226. The van der Waals surface area contributed by atoms with Crippen LogP contribution in [0.1, 0.15) is 0 Å². The number of rotatable bonds is 2. The molecular formula is C34H20N2S. The van der Waals surface area contributed by atoms with Gasteiger partial charge in [0.05, 0.1) is 11.2 Å². The number of hydrogen-bond donors (Lipinski definition) is 0. The molecule has 0 radical (unpaired) electrons. The summed E-state index contributed by atoms with van der Waals surface area (Å²) in [7, 11) is 0. The molecule has 6 aromatic carbocycles. The van der Waals surface area contributed by atoms with Gasteiger partial charge in [-0.05, 0) is 39.7 Å². The van der Waals surface area contributed by atoms with E-state index in [-0.39, 0.29) is 0 Å². The molecule has 2 aromatic heterocycles. The van der Waals surface area contributed by atoms with Gasteiger partial charge in [-0.2, -0.15) is 0 Å². The molecule has 37 heavy (non-hydrogen) atoms. The Morgan fingerprint density at radius 2 is 1.19 bits per heavy atom. The highest BCUT2D eigenvalue weighted by Gasteiger charge is 2.20. The largest absolute Gasteiger partial charge is 0.228 e. The lowest BCUT2D eigenvalue weighted by Gasteiger charge is -2.14. The Kier molecular flexibility index (Phi) is 4.42. The summed E-state index contributed by atoms with van der Waals surface area (Å²) < 4.78 is 2.54. The second kappa shape index (κ2) is 7.95. The topological polar surface area (TPSA) is 25.8 Å². The standard InChI is InChI=1S/C34H20N2S/c1-2-11-22(12-3-1)33-30-24-14-6-4-10-21(24)18-19-27(30)35-34(36-33)32-25-15-7-5-13-23(25)20-29-31(32)26-16-8-9-17-28(26)37-29/h1-20H. The molecule has 0 aliphatic rings. The van der Waals surface area contributed by atoms with E-state index in [1.165, 1.54) is 41.7 Å². The van der Waals surface area contributed by atoms with Gasteiger partial charge in [0.25, 0.3) is 0 Å². The van der Waals surface area contributed by atoms with E-state index in [1.54, 1.807) is 0 Å². The minimum atomic E-state index is 0.770. The Morgan fingerprint density at radius 3 is 2.05 bits per heavy atom. The van der Waals surface area contributed by atoms with Crippen molar-refractivity contribution in [3.63, 3.8) is 0 Å². The Bertz CT molecular complexity index is 2140. The second-order valence-corrected chi connectivity index (χ2v) is 10.5. The van der Waals surface area contributed by atoms with Gasteiger partial charge >= 0.3 is 0 Å². The van der Waals surface area contributed by atoms with Crippen LogP contribution in [-0.4, -0.2) is 9.97 Å². The van der Waals surface area contributed by atoms with Crippen LogP contribution in [-0.2, 0) is 0 Å². The predicted octanol–water partition coefficient (Wildman–Crippen LogP) is 9.64. The van der Waals surface area contributed by atoms with E-state index in [9.17, 15) is 0 Å². The fraction of sp³-hybridized carbons (Fsp3) is 0. The Morgan fingerprint density at radius 1 is 0.486 bits per heavy atom. The van der Waals surface area contributed by atoms with E-state index >= 15 is 0 Å². The van der Waals surface area contributed by atoms with Gasteiger partial charge in [-0.15, -0.1) is 11.3 Å². The van der Waals surface area contributed by atoms with Gasteiger partial charge in [0.1, 0.15) is 0 Å². The zero-order chi connectivity index (χ0) is 24.3. The molecule has 8 rings (SSSR count).